The van der Waals surface area contributed by atoms with Gasteiger partial charge in [0.05, 0.1) is 11.3 Å². The number of sulfonamides is 1. The second kappa shape index (κ2) is 7.71. The molecule has 2 aliphatic heterocycles. The molecule has 1 amide bonds. The van der Waals surface area contributed by atoms with Crippen molar-refractivity contribution >= 4 is 21.6 Å². The third-order valence-corrected chi connectivity index (χ3v) is 6.22. The smallest absolute Gasteiger partial charge is 0.262 e. The summed E-state index contributed by atoms with van der Waals surface area (Å²) in [5, 5.41) is 0. The van der Waals surface area contributed by atoms with Crippen LogP contribution in [0.4, 0.5) is 5.69 Å². The van der Waals surface area contributed by atoms with Gasteiger partial charge in [0.25, 0.3) is 10.0 Å². The molecule has 2 aromatic carbocycles. The topological polar surface area (TPSA) is 84.9 Å². The van der Waals surface area contributed by atoms with E-state index in [1.54, 1.807) is 30.3 Å². The molecule has 1 fully saturated rings. The molecule has 0 spiro atoms. The summed E-state index contributed by atoms with van der Waals surface area (Å²) in [6, 6.07) is 11.4. The number of amides is 1. The number of fused-ring (bicyclic) bond motifs is 1. The van der Waals surface area contributed by atoms with Crippen molar-refractivity contribution in [1.29, 1.82) is 0 Å². The SMILES string of the molecule is O=C(Cc1ccc(NS(=O)(=O)c2ccc3c(c2)OCCO3)cc1)N1CCCC1. The van der Waals surface area contributed by atoms with E-state index in [4.69, 9.17) is 9.47 Å². The van der Waals surface area contributed by atoms with Crippen LogP contribution in [0.3, 0.4) is 0 Å². The Bertz CT molecular complexity index is 967. The molecule has 2 heterocycles. The number of carbonyl (C=O) groups excluding carboxylic acids is 1. The van der Waals surface area contributed by atoms with Crippen LogP contribution in [0, 0.1) is 0 Å². The van der Waals surface area contributed by atoms with Gasteiger partial charge in [-0.2, -0.15) is 0 Å². The molecule has 4 rings (SSSR count). The molecule has 8 heteroatoms. The average Bonchev–Trinajstić information content (AvgIpc) is 3.24. The van der Waals surface area contributed by atoms with Crippen molar-refractivity contribution in [1.82, 2.24) is 4.90 Å². The molecule has 2 aliphatic rings. The first kappa shape index (κ1) is 18.6. The average molecular weight is 402 g/mol. The summed E-state index contributed by atoms with van der Waals surface area (Å²) in [5.74, 6) is 1.07. The molecule has 0 radical (unpaired) electrons. The Morgan fingerprint density at radius 2 is 1.64 bits per heavy atom. The van der Waals surface area contributed by atoms with E-state index in [1.807, 2.05) is 4.90 Å². The van der Waals surface area contributed by atoms with Crippen molar-refractivity contribution in [2.45, 2.75) is 24.2 Å². The van der Waals surface area contributed by atoms with E-state index in [9.17, 15) is 13.2 Å². The number of carbonyl (C=O) groups is 1. The van der Waals surface area contributed by atoms with E-state index < -0.39 is 10.0 Å². The second-order valence-corrected chi connectivity index (χ2v) is 8.55. The fraction of sp³-hybridized carbons (Fsp3) is 0.350. The van der Waals surface area contributed by atoms with E-state index >= 15 is 0 Å². The van der Waals surface area contributed by atoms with Crippen molar-refractivity contribution in [2.75, 3.05) is 31.0 Å². The van der Waals surface area contributed by atoms with E-state index in [-0.39, 0.29) is 10.8 Å². The summed E-state index contributed by atoms with van der Waals surface area (Å²) in [5.41, 5.74) is 1.30. The fourth-order valence-corrected chi connectivity index (χ4v) is 4.42. The highest BCUT2D eigenvalue weighted by atomic mass is 32.2. The molecule has 7 nitrogen and oxygen atoms in total. The quantitative estimate of drug-likeness (QED) is 0.830. The minimum atomic E-state index is -3.76. The van der Waals surface area contributed by atoms with Gasteiger partial charge in [0.1, 0.15) is 13.2 Å². The summed E-state index contributed by atoms with van der Waals surface area (Å²) in [7, 11) is -3.76. The number of rotatable bonds is 5. The maximum atomic E-state index is 12.7. The monoisotopic (exact) mass is 402 g/mol. The number of nitrogens with one attached hydrogen (secondary N) is 1. The summed E-state index contributed by atoms with van der Waals surface area (Å²) in [6.45, 7) is 2.49. The Hall–Kier alpha value is -2.74. The lowest BCUT2D eigenvalue weighted by Gasteiger charge is -2.19. The summed E-state index contributed by atoms with van der Waals surface area (Å²) < 4.78 is 38.7. The number of hydrogen-bond donors (Lipinski definition) is 1. The normalized spacial score (nSPS) is 16.1. The predicted octanol–water partition coefficient (Wildman–Crippen LogP) is 2.42. The summed E-state index contributed by atoms with van der Waals surface area (Å²) >= 11 is 0. The first-order valence-corrected chi connectivity index (χ1v) is 10.8. The molecule has 148 valence electrons. The van der Waals surface area contributed by atoms with Gasteiger partial charge in [0.2, 0.25) is 5.91 Å². The molecule has 0 atom stereocenters. The first-order valence-electron chi connectivity index (χ1n) is 9.30. The van der Waals surface area contributed by atoms with Gasteiger partial charge in [-0.15, -0.1) is 0 Å². The molecule has 0 unspecified atom stereocenters. The van der Waals surface area contributed by atoms with Crippen LogP contribution in [-0.2, 0) is 21.2 Å². The van der Waals surface area contributed by atoms with Crippen molar-refractivity contribution in [2.24, 2.45) is 0 Å². The number of anilines is 1. The van der Waals surface area contributed by atoms with Crippen LogP contribution in [0.5, 0.6) is 11.5 Å². The molecule has 28 heavy (non-hydrogen) atoms. The maximum absolute atomic E-state index is 12.7. The molecule has 0 aliphatic carbocycles. The van der Waals surface area contributed by atoms with Gasteiger partial charge in [-0.1, -0.05) is 12.1 Å². The molecular formula is C20H22N2O5S. The van der Waals surface area contributed by atoms with E-state index in [0.29, 0.717) is 36.8 Å². The fourth-order valence-electron chi connectivity index (χ4n) is 3.35. The third-order valence-electron chi connectivity index (χ3n) is 4.84. The van der Waals surface area contributed by atoms with Crippen LogP contribution in [0.1, 0.15) is 18.4 Å². The van der Waals surface area contributed by atoms with Gasteiger partial charge in [-0.3, -0.25) is 9.52 Å². The molecule has 0 bridgehead atoms. The van der Waals surface area contributed by atoms with Crippen molar-refractivity contribution in [3.05, 3.63) is 48.0 Å². The minimum Gasteiger partial charge on any atom is -0.486 e. The Morgan fingerprint density at radius 1 is 0.964 bits per heavy atom. The zero-order chi connectivity index (χ0) is 19.6. The van der Waals surface area contributed by atoms with Gasteiger partial charge in [0, 0.05) is 24.8 Å². The lowest BCUT2D eigenvalue weighted by molar-refractivity contribution is -0.129. The van der Waals surface area contributed by atoms with E-state index in [2.05, 4.69) is 4.72 Å². The van der Waals surface area contributed by atoms with Crippen molar-refractivity contribution in [3.63, 3.8) is 0 Å². The molecule has 1 N–H and O–H groups in total. The lowest BCUT2D eigenvalue weighted by Crippen LogP contribution is -2.29. The number of nitrogens with zero attached hydrogens (tertiary/aromatic N) is 1. The van der Waals surface area contributed by atoms with Gasteiger partial charge >= 0.3 is 0 Å². The molecular weight excluding hydrogens is 380 g/mol. The Balaban J connectivity index is 1.44. The van der Waals surface area contributed by atoms with Crippen LogP contribution in [0.2, 0.25) is 0 Å². The van der Waals surface area contributed by atoms with E-state index in [1.165, 1.54) is 12.1 Å². The van der Waals surface area contributed by atoms with Crippen LogP contribution in [-0.4, -0.2) is 45.5 Å². The molecule has 0 saturated carbocycles. The van der Waals surface area contributed by atoms with Gasteiger partial charge in [0.15, 0.2) is 11.5 Å². The lowest BCUT2D eigenvalue weighted by atomic mass is 10.1. The van der Waals surface area contributed by atoms with Crippen LogP contribution >= 0.6 is 0 Å². The van der Waals surface area contributed by atoms with Gasteiger partial charge in [-0.25, -0.2) is 8.42 Å². The Labute approximate surface area is 164 Å². The largest absolute Gasteiger partial charge is 0.486 e. The van der Waals surface area contributed by atoms with Crippen molar-refractivity contribution < 1.29 is 22.7 Å². The van der Waals surface area contributed by atoms with Crippen molar-refractivity contribution in [3.8, 4) is 11.5 Å². The third kappa shape index (κ3) is 4.06. The second-order valence-electron chi connectivity index (χ2n) is 6.87. The van der Waals surface area contributed by atoms with Gasteiger partial charge < -0.3 is 14.4 Å². The number of likely N-dealkylation sites (tertiary alicyclic amines) is 1. The number of benzene rings is 2. The van der Waals surface area contributed by atoms with Crippen LogP contribution < -0.4 is 14.2 Å². The molecule has 2 aromatic rings. The Kier molecular flexibility index (Phi) is 5.13. The highest BCUT2D eigenvalue weighted by Crippen LogP contribution is 2.32. The zero-order valence-electron chi connectivity index (χ0n) is 15.4. The van der Waals surface area contributed by atoms with Crippen LogP contribution in [0.25, 0.3) is 0 Å². The summed E-state index contributed by atoms with van der Waals surface area (Å²) in [6.07, 6.45) is 2.45. The number of hydrogen-bond acceptors (Lipinski definition) is 5. The molecule has 0 aromatic heterocycles. The summed E-state index contributed by atoms with van der Waals surface area (Å²) in [4.78, 5) is 14.2. The van der Waals surface area contributed by atoms with E-state index in [0.717, 1.165) is 31.5 Å². The molecule has 1 saturated heterocycles. The minimum absolute atomic E-state index is 0.102. The zero-order valence-corrected chi connectivity index (χ0v) is 16.2. The highest BCUT2D eigenvalue weighted by Gasteiger charge is 2.20. The highest BCUT2D eigenvalue weighted by molar-refractivity contribution is 7.92. The maximum Gasteiger partial charge on any atom is 0.262 e. The first-order chi connectivity index (χ1) is 13.5. The van der Waals surface area contributed by atoms with Crippen LogP contribution in [0.15, 0.2) is 47.4 Å². The Morgan fingerprint density at radius 3 is 2.36 bits per heavy atom. The number of ether oxygens (including phenoxy) is 2. The predicted molar refractivity (Wildman–Crippen MR) is 104 cm³/mol. The standard InChI is InChI=1S/C20H22N2O5S/c23-20(22-9-1-2-10-22)13-15-3-5-16(6-4-15)21-28(24,25)17-7-8-18-19(14-17)27-12-11-26-18/h3-8,14,21H,1-2,9-13H2. The van der Waals surface area contributed by atoms with Gasteiger partial charge in [-0.05, 0) is 42.7 Å².